The van der Waals surface area contributed by atoms with Gasteiger partial charge in [-0.1, -0.05) is 28.1 Å². The number of ether oxygens (including phenoxy) is 1. The third-order valence-corrected chi connectivity index (χ3v) is 5.74. The van der Waals surface area contributed by atoms with Gasteiger partial charge in [0.05, 0.1) is 17.4 Å². The van der Waals surface area contributed by atoms with Crippen molar-refractivity contribution in [3.63, 3.8) is 0 Å². The number of methoxy groups -OCH3 is 1. The Labute approximate surface area is 177 Å². The van der Waals surface area contributed by atoms with Crippen LogP contribution < -0.4 is 5.56 Å². The highest BCUT2D eigenvalue weighted by atomic mass is 79.9. The fraction of sp³-hybridized carbons (Fsp3) is 0.273. The van der Waals surface area contributed by atoms with Crippen LogP contribution in [0.25, 0.3) is 10.8 Å². The van der Waals surface area contributed by atoms with Crippen molar-refractivity contribution >= 4 is 38.6 Å². The van der Waals surface area contributed by atoms with Crippen molar-refractivity contribution in [1.82, 2.24) is 9.88 Å². The van der Waals surface area contributed by atoms with Gasteiger partial charge in [0, 0.05) is 48.2 Å². The number of halogens is 1. The molecule has 2 aromatic carbocycles. The molecule has 0 aliphatic carbocycles. The monoisotopic (exact) mass is 455 g/mol. The van der Waals surface area contributed by atoms with Gasteiger partial charge in [0.2, 0.25) is 5.88 Å². The third-order valence-electron chi connectivity index (χ3n) is 5.25. The fourth-order valence-electron chi connectivity index (χ4n) is 3.66. The SMILES string of the molecule is CO[C@@H]1CCN(Cc2ccc(N=Cc3c(O)[nH]c(=O)c4ccc(Br)cc34)cc2)C1. The molecule has 3 aromatic rings. The maximum absolute atomic E-state index is 12.1. The molecular weight excluding hydrogens is 434 g/mol. The first-order valence-electron chi connectivity index (χ1n) is 9.46. The van der Waals surface area contributed by atoms with Gasteiger partial charge >= 0.3 is 0 Å². The first-order valence-corrected chi connectivity index (χ1v) is 10.3. The number of aromatic nitrogens is 1. The molecule has 2 N–H and O–H groups in total. The molecule has 0 amide bonds. The van der Waals surface area contributed by atoms with Crippen LogP contribution in [-0.4, -0.2) is 47.5 Å². The molecule has 7 heteroatoms. The van der Waals surface area contributed by atoms with Gasteiger partial charge in [-0.15, -0.1) is 0 Å². The number of nitrogens with zero attached hydrogens (tertiary/aromatic N) is 2. The molecule has 0 unspecified atom stereocenters. The standard InChI is InChI=1S/C22H22BrN3O3/c1-29-17-8-9-26(13-17)12-14-2-5-16(6-3-14)24-11-20-19-10-15(23)4-7-18(19)21(27)25-22(20)28/h2-7,10-11,17H,8-9,12-13H2,1H3,(H2,25,27,28)/t17-/m1/s1. The summed E-state index contributed by atoms with van der Waals surface area (Å²) in [5.74, 6) is -0.192. The average molecular weight is 456 g/mol. The van der Waals surface area contributed by atoms with E-state index in [-0.39, 0.29) is 11.4 Å². The maximum Gasteiger partial charge on any atom is 0.258 e. The molecule has 0 bridgehead atoms. The summed E-state index contributed by atoms with van der Waals surface area (Å²) in [5, 5.41) is 11.4. The van der Waals surface area contributed by atoms with Crippen LogP contribution in [0.5, 0.6) is 5.88 Å². The van der Waals surface area contributed by atoms with Crippen LogP contribution in [0.2, 0.25) is 0 Å². The highest BCUT2D eigenvalue weighted by Gasteiger charge is 2.21. The molecule has 0 saturated carbocycles. The molecule has 1 fully saturated rings. The number of H-pyrrole nitrogens is 1. The normalized spacial score (nSPS) is 17.5. The van der Waals surface area contributed by atoms with E-state index in [4.69, 9.17) is 4.74 Å². The number of aromatic amines is 1. The third kappa shape index (κ3) is 4.42. The van der Waals surface area contributed by atoms with Gasteiger partial charge in [-0.25, -0.2) is 0 Å². The molecule has 2 heterocycles. The van der Waals surface area contributed by atoms with Crippen molar-refractivity contribution in [3.05, 3.63) is 68.4 Å². The Hall–Kier alpha value is -2.48. The Morgan fingerprint density at radius 2 is 2.07 bits per heavy atom. The summed E-state index contributed by atoms with van der Waals surface area (Å²) in [6.45, 7) is 2.90. The lowest BCUT2D eigenvalue weighted by atomic mass is 10.1. The molecule has 4 rings (SSSR count). The first kappa shape index (κ1) is 19.8. The second-order valence-electron chi connectivity index (χ2n) is 7.21. The molecule has 0 spiro atoms. The van der Waals surface area contributed by atoms with Crippen molar-refractivity contribution in [2.45, 2.75) is 19.1 Å². The zero-order chi connectivity index (χ0) is 20.4. The number of fused-ring (bicyclic) bond motifs is 1. The summed E-state index contributed by atoms with van der Waals surface area (Å²) in [7, 11) is 1.77. The average Bonchev–Trinajstić information content (AvgIpc) is 3.16. The van der Waals surface area contributed by atoms with E-state index in [2.05, 4.69) is 42.9 Å². The van der Waals surface area contributed by atoms with E-state index >= 15 is 0 Å². The lowest BCUT2D eigenvalue weighted by Gasteiger charge is -2.15. The Kier molecular flexibility index (Phi) is 5.80. The van der Waals surface area contributed by atoms with Gasteiger partial charge in [-0.2, -0.15) is 0 Å². The Bertz CT molecular complexity index is 1110. The summed E-state index contributed by atoms with van der Waals surface area (Å²) in [6, 6.07) is 13.4. The minimum Gasteiger partial charge on any atom is -0.494 e. The molecule has 150 valence electrons. The summed E-state index contributed by atoms with van der Waals surface area (Å²) < 4.78 is 6.25. The number of likely N-dealkylation sites (tertiary alicyclic amines) is 1. The van der Waals surface area contributed by atoms with E-state index < -0.39 is 0 Å². The van der Waals surface area contributed by atoms with Crippen molar-refractivity contribution < 1.29 is 9.84 Å². The quantitative estimate of drug-likeness (QED) is 0.570. The molecule has 1 aromatic heterocycles. The predicted molar refractivity (Wildman–Crippen MR) is 118 cm³/mol. The van der Waals surface area contributed by atoms with Crippen molar-refractivity contribution in [1.29, 1.82) is 0 Å². The lowest BCUT2D eigenvalue weighted by molar-refractivity contribution is 0.107. The zero-order valence-electron chi connectivity index (χ0n) is 16.1. The Morgan fingerprint density at radius 1 is 1.28 bits per heavy atom. The first-order chi connectivity index (χ1) is 14.0. The molecule has 0 radical (unpaired) electrons. The maximum atomic E-state index is 12.1. The minimum absolute atomic E-state index is 0.192. The van der Waals surface area contributed by atoms with E-state index in [1.807, 2.05) is 12.1 Å². The summed E-state index contributed by atoms with van der Waals surface area (Å²) in [4.78, 5) is 21.4. The fourth-order valence-corrected chi connectivity index (χ4v) is 4.02. The number of pyridine rings is 1. The second-order valence-corrected chi connectivity index (χ2v) is 8.13. The Morgan fingerprint density at radius 3 is 2.79 bits per heavy atom. The number of hydrogen-bond donors (Lipinski definition) is 2. The number of aliphatic imine (C=N–C) groups is 1. The van der Waals surface area contributed by atoms with Crippen LogP contribution in [0.15, 0.2) is 56.7 Å². The summed E-state index contributed by atoms with van der Waals surface area (Å²) in [5.41, 5.74) is 2.15. The molecule has 1 aliphatic rings. The highest BCUT2D eigenvalue weighted by Crippen LogP contribution is 2.25. The largest absolute Gasteiger partial charge is 0.494 e. The molecule has 1 atom stereocenters. The Balaban J connectivity index is 1.54. The smallest absolute Gasteiger partial charge is 0.258 e. The van der Waals surface area contributed by atoms with Gasteiger partial charge in [-0.3, -0.25) is 19.7 Å². The van der Waals surface area contributed by atoms with Crippen LogP contribution in [0.3, 0.4) is 0 Å². The predicted octanol–water partition coefficient (Wildman–Crippen LogP) is 3.97. The highest BCUT2D eigenvalue weighted by molar-refractivity contribution is 9.10. The van der Waals surface area contributed by atoms with E-state index in [1.54, 1.807) is 31.5 Å². The van der Waals surface area contributed by atoms with Crippen LogP contribution in [0.1, 0.15) is 17.5 Å². The van der Waals surface area contributed by atoms with Crippen LogP contribution in [-0.2, 0) is 11.3 Å². The topological polar surface area (TPSA) is 77.9 Å². The molecular formula is C22H22BrN3O3. The van der Waals surface area contributed by atoms with Crippen molar-refractivity contribution in [2.75, 3.05) is 20.2 Å². The summed E-state index contributed by atoms with van der Waals surface area (Å²) in [6.07, 6.45) is 2.99. The van der Waals surface area contributed by atoms with Crippen LogP contribution >= 0.6 is 15.9 Å². The van der Waals surface area contributed by atoms with Crippen LogP contribution in [0, 0.1) is 0 Å². The second kappa shape index (κ2) is 8.49. The number of nitrogens with one attached hydrogen (secondary N) is 1. The van der Waals surface area contributed by atoms with E-state index in [9.17, 15) is 9.90 Å². The molecule has 6 nitrogen and oxygen atoms in total. The number of aromatic hydroxyl groups is 1. The zero-order valence-corrected chi connectivity index (χ0v) is 17.6. The van der Waals surface area contributed by atoms with Crippen LogP contribution in [0.4, 0.5) is 5.69 Å². The van der Waals surface area contributed by atoms with Crippen molar-refractivity contribution in [3.8, 4) is 5.88 Å². The van der Waals surface area contributed by atoms with Crippen molar-refractivity contribution in [2.24, 2.45) is 4.99 Å². The lowest BCUT2D eigenvalue weighted by Crippen LogP contribution is -2.22. The van der Waals surface area contributed by atoms with E-state index in [1.165, 1.54) is 5.56 Å². The summed E-state index contributed by atoms with van der Waals surface area (Å²) >= 11 is 3.41. The van der Waals surface area contributed by atoms with Gasteiger partial charge < -0.3 is 9.84 Å². The van der Waals surface area contributed by atoms with E-state index in [0.29, 0.717) is 22.4 Å². The molecule has 29 heavy (non-hydrogen) atoms. The number of benzene rings is 2. The van der Waals surface area contributed by atoms with Gasteiger partial charge in [0.25, 0.3) is 5.56 Å². The number of rotatable bonds is 5. The number of hydrogen-bond acceptors (Lipinski definition) is 5. The molecule has 1 saturated heterocycles. The van der Waals surface area contributed by atoms with Gasteiger partial charge in [-0.05, 0) is 42.3 Å². The molecule has 1 aliphatic heterocycles. The van der Waals surface area contributed by atoms with Gasteiger partial charge in [0.15, 0.2) is 0 Å². The van der Waals surface area contributed by atoms with E-state index in [0.717, 1.165) is 36.2 Å². The minimum atomic E-state index is -0.330. The van der Waals surface area contributed by atoms with Gasteiger partial charge in [0.1, 0.15) is 0 Å².